The summed E-state index contributed by atoms with van der Waals surface area (Å²) in [5.41, 5.74) is 8.16. The second kappa shape index (κ2) is 7.04. The van der Waals surface area contributed by atoms with Gasteiger partial charge in [0.1, 0.15) is 5.75 Å². The van der Waals surface area contributed by atoms with Gasteiger partial charge in [-0.2, -0.15) is 0 Å². The lowest BCUT2D eigenvalue weighted by Gasteiger charge is -2.09. The first-order valence-corrected chi connectivity index (χ1v) is 7.94. The molecule has 0 aliphatic carbocycles. The fourth-order valence-corrected chi connectivity index (χ4v) is 3.11. The van der Waals surface area contributed by atoms with Gasteiger partial charge in [-0.3, -0.25) is 9.00 Å². The number of nitrogens with two attached hydrogens (primary N) is 1. The summed E-state index contributed by atoms with van der Waals surface area (Å²) in [6.07, 6.45) is 0. The fraction of sp³-hybridized carbons (Fsp3) is 0.188. The summed E-state index contributed by atoms with van der Waals surface area (Å²) in [6.45, 7) is 2.25. The predicted molar refractivity (Wildman–Crippen MR) is 85.2 cm³/mol. The summed E-state index contributed by atoms with van der Waals surface area (Å²) < 4.78 is 12.2. The van der Waals surface area contributed by atoms with Gasteiger partial charge in [0.2, 0.25) is 5.91 Å². The normalized spacial score (nSPS) is 11.9. The molecule has 21 heavy (non-hydrogen) atoms. The molecule has 0 aliphatic heterocycles. The van der Waals surface area contributed by atoms with Gasteiger partial charge in [-0.05, 0) is 30.2 Å². The van der Waals surface area contributed by atoms with Crippen LogP contribution in [0.1, 0.15) is 11.1 Å². The van der Waals surface area contributed by atoms with Crippen molar-refractivity contribution in [1.29, 1.82) is 0 Å². The minimum absolute atomic E-state index is 0.0584. The molecular formula is C16H18N2O2S. The second-order valence-electron chi connectivity index (χ2n) is 4.72. The van der Waals surface area contributed by atoms with E-state index in [1.807, 2.05) is 37.3 Å². The van der Waals surface area contributed by atoms with Crippen molar-refractivity contribution >= 4 is 22.4 Å². The number of carbonyl (C=O) groups excluding carboxylic acids is 1. The Morgan fingerprint density at radius 2 is 1.86 bits per heavy atom. The summed E-state index contributed by atoms with van der Waals surface area (Å²) in [6, 6.07) is 14.8. The first-order valence-electron chi connectivity index (χ1n) is 6.62. The molecule has 4 nitrogen and oxygen atoms in total. The van der Waals surface area contributed by atoms with Gasteiger partial charge in [0.05, 0.1) is 10.8 Å². The Morgan fingerprint density at radius 3 is 2.57 bits per heavy atom. The molecule has 5 heteroatoms. The standard InChI is InChI=1S/C16H18N2O2S/c1-12-14(17)8-5-9-15(12)21(20)11-16(19)18-10-13-6-3-2-4-7-13/h2-9H,10-11,17H2,1H3,(H,18,19). The number of anilines is 1. The number of benzene rings is 2. The second-order valence-corrected chi connectivity index (χ2v) is 6.14. The predicted octanol–water partition coefficient (Wildman–Crippen LogP) is 2.00. The van der Waals surface area contributed by atoms with E-state index in [4.69, 9.17) is 5.73 Å². The van der Waals surface area contributed by atoms with Crippen LogP contribution >= 0.6 is 0 Å². The lowest BCUT2D eigenvalue weighted by Crippen LogP contribution is -2.28. The van der Waals surface area contributed by atoms with E-state index in [2.05, 4.69) is 5.32 Å². The largest absolute Gasteiger partial charge is 0.398 e. The molecule has 0 spiro atoms. The highest BCUT2D eigenvalue weighted by atomic mass is 32.2. The Morgan fingerprint density at radius 1 is 1.14 bits per heavy atom. The first-order chi connectivity index (χ1) is 10.1. The summed E-state index contributed by atoms with van der Waals surface area (Å²) in [4.78, 5) is 12.5. The van der Waals surface area contributed by atoms with Crippen LogP contribution in [0.25, 0.3) is 0 Å². The van der Waals surface area contributed by atoms with E-state index in [1.54, 1.807) is 18.2 Å². The third-order valence-electron chi connectivity index (χ3n) is 3.17. The van der Waals surface area contributed by atoms with Crippen LogP contribution in [0.15, 0.2) is 53.4 Å². The van der Waals surface area contributed by atoms with Crippen molar-refractivity contribution in [1.82, 2.24) is 5.32 Å². The van der Waals surface area contributed by atoms with Crippen molar-refractivity contribution in [2.24, 2.45) is 0 Å². The number of nitrogens with one attached hydrogen (secondary N) is 1. The van der Waals surface area contributed by atoms with Crippen LogP contribution in [0, 0.1) is 6.92 Å². The Hall–Kier alpha value is -2.14. The zero-order valence-electron chi connectivity index (χ0n) is 11.8. The molecule has 0 bridgehead atoms. The molecule has 0 saturated carbocycles. The Kier molecular flexibility index (Phi) is 5.11. The van der Waals surface area contributed by atoms with Crippen LogP contribution in [0.2, 0.25) is 0 Å². The lowest BCUT2D eigenvalue weighted by molar-refractivity contribution is -0.118. The molecule has 1 amide bonds. The highest BCUT2D eigenvalue weighted by Gasteiger charge is 2.13. The zero-order valence-corrected chi connectivity index (χ0v) is 12.7. The van der Waals surface area contributed by atoms with E-state index in [0.717, 1.165) is 11.1 Å². The van der Waals surface area contributed by atoms with Crippen LogP contribution < -0.4 is 11.1 Å². The molecule has 0 saturated heterocycles. The molecule has 110 valence electrons. The summed E-state index contributed by atoms with van der Waals surface area (Å²) in [5, 5.41) is 2.77. The van der Waals surface area contributed by atoms with Gasteiger partial charge in [-0.25, -0.2) is 0 Å². The van der Waals surface area contributed by atoms with Crippen LogP contribution in [-0.2, 0) is 22.1 Å². The van der Waals surface area contributed by atoms with Crippen LogP contribution in [-0.4, -0.2) is 15.9 Å². The van der Waals surface area contributed by atoms with Gasteiger partial charge in [0, 0.05) is 17.1 Å². The van der Waals surface area contributed by atoms with Crippen molar-refractivity contribution in [3.05, 3.63) is 59.7 Å². The van der Waals surface area contributed by atoms with E-state index < -0.39 is 10.8 Å². The molecule has 0 aromatic heterocycles. The van der Waals surface area contributed by atoms with Crippen LogP contribution in [0.4, 0.5) is 5.69 Å². The topological polar surface area (TPSA) is 72.2 Å². The van der Waals surface area contributed by atoms with E-state index in [9.17, 15) is 9.00 Å². The van der Waals surface area contributed by atoms with Gasteiger partial charge >= 0.3 is 0 Å². The summed E-state index contributed by atoms with van der Waals surface area (Å²) in [5.74, 6) is -0.295. The van der Waals surface area contributed by atoms with Crippen LogP contribution in [0.5, 0.6) is 0 Å². The van der Waals surface area contributed by atoms with E-state index in [0.29, 0.717) is 17.1 Å². The van der Waals surface area contributed by atoms with Crippen molar-refractivity contribution in [2.45, 2.75) is 18.4 Å². The van der Waals surface area contributed by atoms with Crippen LogP contribution in [0.3, 0.4) is 0 Å². The molecule has 3 N–H and O–H groups in total. The quantitative estimate of drug-likeness (QED) is 0.830. The Labute approximate surface area is 126 Å². The monoisotopic (exact) mass is 302 g/mol. The third-order valence-corrected chi connectivity index (χ3v) is 4.62. The summed E-state index contributed by atoms with van der Waals surface area (Å²) in [7, 11) is -1.39. The number of hydrogen-bond acceptors (Lipinski definition) is 3. The molecule has 0 aliphatic rings. The number of carbonyl (C=O) groups is 1. The molecule has 1 atom stereocenters. The SMILES string of the molecule is Cc1c(N)cccc1S(=O)CC(=O)NCc1ccccc1. The lowest BCUT2D eigenvalue weighted by atomic mass is 10.2. The maximum atomic E-state index is 12.2. The molecule has 0 fully saturated rings. The fourth-order valence-electron chi connectivity index (χ4n) is 1.92. The maximum Gasteiger partial charge on any atom is 0.233 e. The number of amides is 1. The van der Waals surface area contributed by atoms with Gasteiger partial charge in [0.25, 0.3) is 0 Å². The Balaban J connectivity index is 1.93. The van der Waals surface area contributed by atoms with Gasteiger partial charge in [0.15, 0.2) is 0 Å². The first kappa shape index (κ1) is 15.3. The number of nitrogen functional groups attached to an aromatic ring is 1. The summed E-state index contributed by atoms with van der Waals surface area (Å²) >= 11 is 0. The minimum atomic E-state index is -1.39. The number of hydrogen-bond donors (Lipinski definition) is 2. The van der Waals surface area contributed by atoms with E-state index >= 15 is 0 Å². The molecule has 0 radical (unpaired) electrons. The van der Waals surface area contributed by atoms with E-state index in [1.165, 1.54) is 0 Å². The van der Waals surface area contributed by atoms with Crippen molar-refractivity contribution in [3.8, 4) is 0 Å². The minimum Gasteiger partial charge on any atom is -0.398 e. The van der Waals surface area contributed by atoms with Crippen molar-refractivity contribution < 1.29 is 9.00 Å². The number of rotatable bonds is 5. The van der Waals surface area contributed by atoms with Gasteiger partial charge in [-0.15, -0.1) is 0 Å². The average Bonchev–Trinajstić information content (AvgIpc) is 2.49. The zero-order chi connectivity index (χ0) is 15.2. The smallest absolute Gasteiger partial charge is 0.233 e. The highest BCUT2D eigenvalue weighted by Crippen LogP contribution is 2.19. The highest BCUT2D eigenvalue weighted by molar-refractivity contribution is 7.85. The van der Waals surface area contributed by atoms with E-state index in [-0.39, 0.29) is 11.7 Å². The molecule has 1 unspecified atom stereocenters. The molecule has 0 heterocycles. The molecular weight excluding hydrogens is 284 g/mol. The molecule has 2 aromatic carbocycles. The average molecular weight is 302 g/mol. The maximum absolute atomic E-state index is 12.2. The van der Waals surface area contributed by atoms with Crippen molar-refractivity contribution in [2.75, 3.05) is 11.5 Å². The molecule has 2 rings (SSSR count). The third kappa shape index (κ3) is 4.16. The Bertz CT molecular complexity index is 657. The van der Waals surface area contributed by atoms with Gasteiger partial charge < -0.3 is 11.1 Å². The van der Waals surface area contributed by atoms with Gasteiger partial charge in [-0.1, -0.05) is 36.4 Å². The molecule has 2 aromatic rings. The van der Waals surface area contributed by atoms with Crippen molar-refractivity contribution in [3.63, 3.8) is 0 Å².